The van der Waals surface area contributed by atoms with Crippen LogP contribution in [0.4, 0.5) is 4.79 Å². The largest absolute Gasteiger partial charge is 0.443 e. The molecule has 1 aromatic rings. The second-order valence-corrected chi connectivity index (χ2v) is 3.60. The highest BCUT2D eigenvalue weighted by atomic mass is 16.6. The van der Waals surface area contributed by atoms with Gasteiger partial charge in [-0.15, -0.1) is 0 Å². The maximum Gasteiger partial charge on any atom is 0.430 e. The zero-order valence-electron chi connectivity index (χ0n) is 9.00. The Bertz CT molecular complexity index is 376. The molecule has 0 bridgehead atoms. The molecule has 0 spiro atoms. The van der Waals surface area contributed by atoms with Crippen molar-refractivity contribution in [1.29, 1.82) is 0 Å². The number of ether oxygens (including phenoxy) is 1. The second kappa shape index (κ2) is 5.30. The van der Waals surface area contributed by atoms with E-state index in [-0.39, 0.29) is 6.09 Å². The van der Waals surface area contributed by atoms with Crippen molar-refractivity contribution in [1.82, 2.24) is 5.01 Å². The van der Waals surface area contributed by atoms with Gasteiger partial charge in [-0.2, -0.15) is 10.1 Å². The lowest BCUT2D eigenvalue weighted by Crippen LogP contribution is -2.29. The molecule has 1 aromatic carbocycles. The molecule has 1 aliphatic rings. The smallest absolute Gasteiger partial charge is 0.430 e. The molecule has 0 saturated carbocycles. The monoisotopic (exact) mass is 218 g/mol. The lowest BCUT2D eigenvalue weighted by Gasteiger charge is -2.19. The molecule has 1 amide bonds. The van der Waals surface area contributed by atoms with E-state index < -0.39 is 0 Å². The fourth-order valence-electron chi connectivity index (χ4n) is 1.48. The van der Waals surface area contributed by atoms with Crippen LogP contribution in [0.25, 0.3) is 0 Å². The van der Waals surface area contributed by atoms with Gasteiger partial charge in [0.2, 0.25) is 0 Å². The average molecular weight is 218 g/mol. The molecule has 0 atom stereocenters. The van der Waals surface area contributed by atoms with E-state index in [0.717, 1.165) is 18.4 Å². The van der Waals surface area contributed by atoms with E-state index in [9.17, 15) is 4.79 Å². The van der Waals surface area contributed by atoms with E-state index in [2.05, 4.69) is 5.10 Å². The van der Waals surface area contributed by atoms with Crippen LogP contribution in [0.3, 0.4) is 0 Å². The Balaban J connectivity index is 1.84. The van der Waals surface area contributed by atoms with E-state index in [1.807, 2.05) is 30.3 Å². The van der Waals surface area contributed by atoms with Crippen LogP contribution in [0.1, 0.15) is 18.4 Å². The highest BCUT2D eigenvalue weighted by Crippen LogP contribution is 2.07. The number of benzene rings is 1. The van der Waals surface area contributed by atoms with E-state index in [4.69, 9.17) is 4.74 Å². The molecular weight excluding hydrogens is 204 g/mol. The zero-order chi connectivity index (χ0) is 11.2. The third-order valence-corrected chi connectivity index (χ3v) is 2.34. The number of carbonyl (C=O) groups is 1. The van der Waals surface area contributed by atoms with Gasteiger partial charge in [0.15, 0.2) is 0 Å². The van der Waals surface area contributed by atoms with Crippen LogP contribution in [0.5, 0.6) is 0 Å². The molecule has 16 heavy (non-hydrogen) atoms. The fourth-order valence-corrected chi connectivity index (χ4v) is 1.48. The minimum Gasteiger partial charge on any atom is -0.443 e. The van der Waals surface area contributed by atoms with E-state index in [1.165, 1.54) is 5.01 Å². The summed E-state index contributed by atoms with van der Waals surface area (Å²) in [5, 5.41) is 5.34. The molecule has 84 valence electrons. The number of nitrogens with zero attached hydrogens (tertiary/aromatic N) is 2. The Kier molecular flexibility index (Phi) is 3.53. The number of hydrogen-bond donors (Lipinski definition) is 0. The fraction of sp³-hybridized carbons (Fsp3) is 0.333. The summed E-state index contributed by atoms with van der Waals surface area (Å²) in [6.45, 7) is 0.940. The molecule has 1 heterocycles. The molecule has 1 aliphatic heterocycles. The third kappa shape index (κ3) is 2.82. The van der Waals surface area contributed by atoms with E-state index in [1.54, 1.807) is 6.21 Å². The van der Waals surface area contributed by atoms with Crippen molar-refractivity contribution in [3.63, 3.8) is 0 Å². The van der Waals surface area contributed by atoms with Crippen LogP contribution in [-0.4, -0.2) is 23.9 Å². The molecule has 0 fully saturated rings. The van der Waals surface area contributed by atoms with Crippen LogP contribution in [0, 0.1) is 0 Å². The molecule has 2 rings (SSSR count). The van der Waals surface area contributed by atoms with Crippen molar-refractivity contribution in [3.8, 4) is 0 Å². The molecule has 0 aromatic heterocycles. The number of rotatable bonds is 2. The summed E-state index contributed by atoms with van der Waals surface area (Å²) < 4.78 is 5.14. The predicted octanol–water partition coefficient (Wildman–Crippen LogP) is 2.40. The second-order valence-electron chi connectivity index (χ2n) is 3.60. The Morgan fingerprint density at radius 3 is 2.88 bits per heavy atom. The number of hydrogen-bond acceptors (Lipinski definition) is 3. The Morgan fingerprint density at radius 2 is 2.19 bits per heavy atom. The summed E-state index contributed by atoms with van der Waals surface area (Å²) in [5.74, 6) is 0. The van der Waals surface area contributed by atoms with Gasteiger partial charge >= 0.3 is 6.09 Å². The Hall–Kier alpha value is -1.84. The van der Waals surface area contributed by atoms with Gasteiger partial charge in [-0.1, -0.05) is 30.3 Å². The number of carbonyl (C=O) groups excluding carboxylic acids is 1. The van der Waals surface area contributed by atoms with Crippen molar-refractivity contribution < 1.29 is 9.53 Å². The normalized spacial score (nSPS) is 14.9. The minimum atomic E-state index is -0.375. The first-order chi connectivity index (χ1) is 7.86. The van der Waals surface area contributed by atoms with E-state index in [0.29, 0.717) is 13.2 Å². The highest BCUT2D eigenvalue weighted by Gasteiger charge is 2.15. The summed E-state index contributed by atoms with van der Waals surface area (Å²) in [4.78, 5) is 11.6. The molecule has 0 saturated heterocycles. The SMILES string of the molecule is O=C(OCc1ccccc1)N1CCCC=N1. The summed E-state index contributed by atoms with van der Waals surface area (Å²) >= 11 is 0. The maximum atomic E-state index is 11.6. The minimum absolute atomic E-state index is 0.297. The molecule has 4 heteroatoms. The molecule has 0 unspecified atom stereocenters. The summed E-state index contributed by atoms with van der Waals surface area (Å²) in [5.41, 5.74) is 0.983. The van der Waals surface area contributed by atoms with Crippen molar-refractivity contribution in [2.75, 3.05) is 6.54 Å². The summed E-state index contributed by atoms with van der Waals surface area (Å²) in [7, 11) is 0. The summed E-state index contributed by atoms with van der Waals surface area (Å²) in [6, 6.07) is 9.62. The van der Waals surface area contributed by atoms with Crippen LogP contribution in [0.2, 0.25) is 0 Å². The molecular formula is C12H14N2O2. The average Bonchev–Trinajstić information content (AvgIpc) is 2.38. The van der Waals surface area contributed by atoms with Crippen molar-refractivity contribution in [2.24, 2.45) is 5.10 Å². The van der Waals surface area contributed by atoms with E-state index >= 15 is 0 Å². The maximum absolute atomic E-state index is 11.6. The predicted molar refractivity (Wildman–Crippen MR) is 61.1 cm³/mol. The first-order valence-corrected chi connectivity index (χ1v) is 5.37. The van der Waals surface area contributed by atoms with Crippen molar-refractivity contribution >= 4 is 12.3 Å². The molecule has 0 radical (unpaired) electrons. The lowest BCUT2D eigenvalue weighted by atomic mass is 10.2. The van der Waals surface area contributed by atoms with Gasteiger partial charge < -0.3 is 4.74 Å². The van der Waals surface area contributed by atoms with Gasteiger partial charge in [-0.05, 0) is 18.4 Å². The van der Waals surface area contributed by atoms with Gasteiger partial charge in [0.05, 0.1) is 0 Å². The topological polar surface area (TPSA) is 41.9 Å². The van der Waals surface area contributed by atoms with Crippen LogP contribution < -0.4 is 0 Å². The van der Waals surface area contributed by atoms with Gasteiger partial charge in [-0.25, -0.2) is 4.79 Å². The van der Waals surface area contributed by atoms with Crippen LogP contribution in [0.15, 0.2) is 35.4 Å². The zero-order valence-corrected chi connectivity index (χ0v) is 9.00. The number of amides is 1. The Morgan fingerprint density at radius 1 is 1.38 bits per heavy atom. The third-order valence-electron chi connectivity index (χ3n) is 2.34. The van der Waals surface area contributed by atoms with Crippen LogP contribution >= 0.6 is 0 Å². The van der Waals surface area contributed by atoms with Crippen molar-refractivity contribution in [3.05, 3.63) is 35.9 Å². The van der Waals surface area contributed by atoms with Gasteiger partial charge in [0.25, 0.3) is 0 Å². The molecule has 0 N–H and O–H groups in total. The van der Waals surface area contributed by atoms with Crippen LogP contribution in [-0.2, 0) is 11.3 Å². The first kappa shape index (κ1) is 10.7. The van der Waals surface area contributed by atoms with Gasteiger partial charge in [0.1, 0.15) is 6.61 Å². The standard InChI is InChI=1S/C12H14N2O2/c15-12(14-9-5-4-8-13-14)16-10-11-6-2-1-3-7-11/h1-3,6-8H,4-5,9-10H2. The quantitative estimate of drug-likeness (QED) is 0.764. The molecule has 0 aliphatic carbocycles. The summed E-state index contributed by atoms with van der Waals surface area (Å²) in [6.07, 6.45) is 3.25. The lowest BCUT2D eigenvalue weighted by molar-refractivity contribution is 0.0958. The first-order valence-electron chi connectivity index (χ1n) is 5.37. The highest BCUT2D eigenvalue weighted by molar-refractivity contribution is 5.70. The molecule has 4 nitrogen and oxygen atoms in total. The Labute approximate surface area is 94.5 Å². The number of hydrazone groups is 1. The van der Waals surface area contributed by atoms with Gasteiger partial charge in [-0.3, -0.25) is 0 Å². The van der Waals surface area contributed by atoms with Crippen molar-refractivity contribution in [2.45, 2.75) is 19.4 Å². The van der Waals surface area contributed by atoms with Gasteiger partial charge in [0, 0.05) is 12.8 Å².